The Kier molecular flexibility index (Phi) is 32.1. The van der Waals surface area contributed by atoms with Crippen LogP contribution in [0.3, 0.4) is 0 Å². The monoisotopic (exact) mass is 1490 g/mol. The first-order valence-electron chi connectivity index (χ1n) is 21.3. The maximum atomic E-state index is 12.8. The van der Waals surface area contributed by atoms with Gasteiger partial charge in [0.15, 0.2) is 6.10 Å². The molecule has 0 fully saturated rings. The molecule has 0 bridgehead atoms. The van der Waals surface area contributed by atoms with Gasteiger partial charge in [-0.05, 0) is 229 Å². The molecule has 0 aromatic heterocycles. The zero-order valence-electron chi connectivity index (χ0n) is 34.6. The topological polar surface area (TPSA) is 131 Å². The fourth-order valence-electron chi connectivity index (χ4n) is 6.47. The summed E-state index contributed by atoms with van der Waals surface area (Å²) in [7, 11) is 0. The van der Waals surface area contributed by atoms with E-state index in [0.717, 1.165) is 103 Å². The minimum Gasteiger partial charge on any atom is -0.462 e. The van der Waals surface area contributed by atoms with Gasteiger partial charge in [-0.25, -0.2) is 0 Å². The number of hydrogen-bond donors (Lipinski definition) is 2. The van der Waals surface area contributed by atoms with Crippen LogP contribution in [0.15, 0.2) is 24.3 Å². The van der Waals surface area contributed by atoms with Gasteiger partial charge in [-0.3, -0.25) is 14.4 Å². The summed E-state index contributed by atoms with van der Waals surface area (Å²) in [6.45, 7) is 1.97. The van der Waals surface area contributed by atoms with Crippen molar-refractivity contribution < 1.29 is 28.6 Å². The summed E-state index contributed by atoms with van der Waals surface area (Å²) in [4.78, 5) is 38.2. The molecule has 4 N–H and O–H groups in total. The van der Waals surface area contributed by atoms with Crippen LogP contribution in [0.1, 0.15) is 159 Å². The lowest BCUT2D eigenvalue weighted by atomic mass is 10.1. The Balaban J connectivity index is 1.74. The zero-order chi connectivity index (χ0) is 43.4. The summed E-state index contributed by atoms with van der Waals surface area (Å²) < 4.78 is 23.5. The number of benzene rings is 2. The van der Waals surface area contributed by atoms with E-state index >= 15 is 0 Å². The van der Waals surface area contributed by atoms with Crippen LogP contribution in [-0.4, -0.2) is 37.2 Å². The maximum absolute atomic E-state index is 12.8. The lowest BCUT2D eigenvalue weighted by Gasteiger charge is -2.18. The number of unbranched alkanes of at least 4 members (excludes halogenated alkanes) is 15. The Labute approximate surface area is 436 Å². The Morgan fingerprint density at radius 3 is 1.34 bits per heavy atom. The van der Waals surface area contributed by atoms with Crippen LogP contribution in [0.2, 0.25) is 0 Å². The second-order valence-corrected chi connectivity index (χ2v) is 21.8. The van der Waals surface area contributed by atoms with Crippen molar-refractivity contribution in [2.75, 3.05) is 24.7 Å². The van der Waals surface area contributed by atoms with Crippen LogP contribution < -0.4 is 11.5 Å². The Hall–Kier alpha value is 0.570. The highest BCUT2D eigenvalue weighted by molar-refractivity contribution is 14.1. The van der Waals surface area contributed by atoms with E-state index in [2.05, 4.69) is 167 Å². The highest BCUT2D eigenvalue weighted by atomic mass is 127. The molecule has 0 saturated carbocycles. The molecule has 0 unspecified atom stereocenters. The van der Waals surface area contributed by atoms with E-state index in [0.29, 0.717) is 12.8 Å². The van der Waals surface area contributed by atoms with E-state index in [-0.39, 0.29) is 50.4 Å². The quantitative estimate of drug-likeness (QED) is 0.0185. The summed E-state index contributed by atoms with van der Waals surface area (Å²) in [5, 5.41) is 0. The molecule has 0 heterocycles. The summed E-state index contributed by atoms with van der Waals surface area (Å²) in [5.41, 5.74) is 16.6. The first kappa shape index (κ1) is 55.7. The van der Waals surface area contributed by atoms with Crippen LogP contribution in [0, 0.1) is 21.4 Å². The number of carbonyl (C=O) groups is 3. The Morgan fingerprint density at radius 1 is 0.525 bits per heavy atom. The van der Waals surface area contributed by atoms with Gasteiger partial charge >= 0.3 is 17.9 Å². The van der Waals surface area contributed by atoms with E-state index in [1.54, 1.807) is 0 Å². The van der Waals surface area contributed by atoms with Crippen molar-refractivity contribution >= 4 is 165 Å². The molecule has 0 aliphatic heterocycles. The van der Waals surface area contributed by atoms with Crippen LogP contribution in [0.5, 0.6) is 0 Å². The fraction of sp³-hybridized carbons (Fsp3) is 0.622. The summed E-state index contributed by atoms with van der Waals surface area (Å²) in [6, 6.07) is 4.21. The standard InChI is InChI=1S/C45H64I6N2O6/c1-2-3-4-5-6-7-8-9-10-11-12-13-14-15-20-27-41(56)59-32(30-57-39(54)25-21-16-18-23-33-35(46)28-37(48)44(52)42(33)50)31-58-40(55)26-22-17-19-24-34-36(47)29-38(49)45(53)43(34)51/h9-10,28-29,32H,2-8,11-27,30-31,52-53H2,1H3/b10-9-. The van der Waals surface area contributed by atoms with Gasteiger partial charge in [0.25, 0.3) is 0 Å². The Bertz CT molecular complexity index is 1520. The average molecular weight is 1490 g/mol. The average Bonchev–Trinajstić information content (AvgIpc) is 3.20. The predicted octanol–water partition coefficient (Wildman–Crippen LogP) is 14.4. The van der Waals surface area contributed by atoms with Crippen molar-refractivity contribution in [1.29, 1.82) is 0 Å². The van der Waals surface area contributed by atoms with Gasteiger partial charge in [0.05, 0.1) is 11.4 Å². The number of ether oxygens (including phenoxy) is 3. The SMILES string of the molecule is CCCCCCCC/C=C\CCCCCCCC(=O)OC(COC(=O)CCCCCc1c(I)cc(I)c(N)c1I)COC(=O)CCCCCc1c(I)cc(I)c(N)c1I. The molecule has 0 aliphatic carbocycles. The second-order valence-electron chi connectivity index (χ2n) is 15.0. The summed E-state index contributed by atoms with van der Waals surface area (Å²) in [6.07, 6.45) is 26.8. The van der Waals surface area contributed by atoms with E-state index in [4.69, 9.17) is 25.7 Å². The smallest absolute Gasteiger partial charge is 0.306 e. The molecule has 0 radical (unpaired) electrons. The van der Waals surface area contributed by atoms with Crippen molar-refractivity contribution in [2.45, 2.75) is 167 Å². The van der Waals surface area contributed by atoms with Crippen LogP contribution >= 0.6 is 136 Å². The van der Waals surface area contributed by atoms with Crippen molar-refractivity contribution in [3.8, 4) is 0 Å². The minimum atomic E-state index is -0.843. The first-order valence-corrected chi connectivity index (χ1v) is 27.8. The number of carbonyl (C=O) groups excluding carboxylic acids is 3. The van der Waals surface area contributed by atoms with Gasteiger partial charge in [-0.2, -0.15) is 0 Å². The number of esters is 3. The number of nitrogens with two attached hydrogens (primary N) is 2. The highest BCUT2D eigenvalue weighted by Crippen LogP contribution is 2.32. The molecule has 0 spiro atoms. The third kappa shape index (κ3) is 24.4. The van der Waals surface area contributed by atoms with Gasteiger partial charge < -0.3 is 25.7 Å². The lowest BCUT2D eigenvalue weighted by Crippen LogP contribution is -2.30. The molecule has 14 heteroatoms. The summed E-state index contributed by atoms with van der Waals surface area (Å²) in [5.74, 6) is -1.06. The Morgan fingerprint density at radius 2 is 0.898 bits per heavy atom. The lowest BCUT2D eigenvalue weighted by molar-refractivity contribution is -0.167. The number of hydrogen-bond acceptors (Lipinski definition) is 8. The molecular formula is C45H64I6N2O6. The van der Waals surface area contributed by atoms with Crippen molar-refractivity contribution in [2.24, 2.45) is 0 Å². The molecule has 0 amide bonds. The molecule has 59 heavy (non-hydrogen) atoms. The zero-order valence-corrected chi connectivity index (χ0v) is 47.6. The van der Waals surface area contributed by atoms with Crippen molar-refractivity contribution in [3.05, 3.63) is 56.8 Å². The van der Waals surface area contributed by atoms with Crippen LogP contribution in [-0.2, 0) is 41.4 Å². The number of allylic oxidation sites excluding steroid dienone is 2. The van der Waals surface area contributed by atoms with Crippen molar-refractivity contribution in [3.63, 3.8) is 0 Å². The third-order valence-corrected chi connectivity index (χ3v) is 16.2. The number of nitrogen functional groups attached to an aromatic ring is 2. The largest absolute Gasteiger partial charge is 0.462 e. The first-order chi connectivity index (χ1) is 28.3. The third-order valence-electron chi connectivity index (χ3n) is 10.0. The van der Waals surface area contributed by atoms with Gasteiger partial charge in [-0.15, -0.1) is 0 Å². The molecule has 2 aromatic rings. The molecular weight excluding hydrogens is 1430 g/mol. The number of anilines is 2. The number of halogens is 6. The van der Waals surface area contributed by atoms with Crippen LogP contribution in [0.25, 0.3) is 0 Å². The van der Waals surface area contributed by atoms with E-state index < -0.39 is 6.10 Å². The predicted molar refractivity (Wildman–Crippen MR) is 294 cm³/mol. The molecule has 0 aliphatic rings. The van der Waals surface area contributed by atoms with Crippen LogP contribution in [0.4, 0.5) is 11.4 Å². The number of rotatable bonds is 32. The fourth-order valence-corrected chi connectivity index (χ4v) is 14.3. The molecule has 2 aromatic carbocycles. The maximum Gasteiger partial charge on any atom is 0.306 e. The molecule has 0 atom stereocenters. The highest BCUT2D eigenvalue weighted by Gasteiger charge is 2.20. The van der Waals surface area contributed by atoms with E-state index in [1.165, 1.54) is 63.2 Å². The van der Waals surface area contributed by atoms with Crippen molar-refractivity contribution in [1.82, 2.24) is 0 Å². The normalized spacial score (nSPS) is 11.5. The van der Waals surface area contributed by atoms with E-state index in [9.17, 15) is 14.4 Å². The summed E-state index contributed by atoms with van der Waals surface area (Å²) >= 11 is 13.9. The molecule has 8 nitrogen and oxygen atoms in total. The van der Waals surface area contributed by atoms with Gasteiger partial charge in [0.2, 0.25) is 0 Å². The van der Waals surface area contributed by atoms with Gasteiger partial charge in [-0.1, -0.05) is 83.3 Å². The molecule has 2 rings (SSSR count). The molecule has 332 valence electrons. The van der Waals surface area contributed by atoms with Gasteiger partial charge in [0, 0.05) is 40.7 Å². The van der Waals surface area contributed by atoms with Gasteiger partial charge in [0.1, 0.15) is 13.2 Å². The van der Waals surface area contributed by atoms with E-state index in [1.807, 2.05) is 0 Å². The second kappa shape index (κ2) is 34.0. The molecule has 0 saturated heterocycles. The minimum absolute atomic E-state index is 0.140.